The van der Waals surface area contributed by atoms with Gasteiger partial charge < -0.3 is 24.8 Å². The van der Waals surface area contributed by atoms with E-state index < -0.39 is 35.6 Å². The molecule has 12 heteroatoms. The smallest absolute Gasteiger partial charge is 0.416 e. The minimum absolute atomic E-state index is 0.217. The van der Waals surface area contributed by atoms with Gasteiger partial charge in [-0.1, -0.05) is 72.8 Å². The van der Waals surface area contributed by atoms with Crippen LogP contribution in [-0.2, 0) is 29.3 Å². The number of rotatable bonds is 11. The van der Waals surface area contributed by atoms with Crippen molar-refractivity contribution in [3.63, 3.8) is 0 Å². The second-order valence-corrected chi connectivity index (χ2v) is 13.6. The number of esters is 1. The highest BCUT2D eigenvalue weighted by atomic mass is 19.4. The lowest BCUT2D eigenvalue weighted by Gasteiger charge is -2.25. The zero-order valence-electron chi connectivity index (χ0n) is 31.1. The number of nitrogens with one attached hydrogen (secondary N) is 2. The summed E-state index contributed by atoms with van der Waals surface area (Å²) in [7, 11) is 3.36. The monoisotopic (exact) mass is 760 g/mol. The van der Waals surface area contributed by atoms with Crippen LogP contribution in [0.4, 0.5) is 18.9 Å². The Bertz CT molecular complexity index is 2390. The molecule has 0 aliphatic carbocycles. The van der Waals surface area contributed by atoms with Crippen LogP contribution in [0.3, 0.4) is 0 Å². The number of likely N-dealkylation sites (N-methyl/N-ethyl adjacent to an activating group) is 1. The van der Waals surface area contributed by atoms with Crippen LogP contribution >= 0.6 is 0 Å². The number of halogens is 3. The quantitative estimate of drug-likeness (QED) is 0.128. The Morgan fingerprint density at radius 2 is 1.45 bits per heavy atom. The van der Waals surface area contributed by atoms with Gasteiger partial charge in [0.15, 0.2) is 0 Å². The van der Waals surface area contributed by atoms with Crippen molar-refractivity contribution < 1.29 is 37.1 Å². The number of amides is 3. The van der Waals surface area contributed by atoms with Gasteiger partial charge in [0.05, 0.1) is 17.2 Å². The molecule has 0 saturated carbocycles. The van der Waals surface area contributed by atoms with Crippen LogP contribution in [0.5, 0.6) is 0 Å². The van der Waals surface area contributed by atoms with Crippen molar-refractivity contribution in [3.05, 3.63) is 161 Å². The Kier molecular flexibility index (Phi) is 11.4. The van der Waals surface area contributed by atoms with Crippen LogP contribution in [0.2, 0.25) is 0 Å². The molecule has 6 aromatic rings. The van der Waals surface area contributed by atoms with Crippen LogP contribution in [0, 0.1) is 0 Å². The Morgan fingerprint density at radius 3 is 2.11 bits per heavy atom. The Hall–Kier alpha value is -6.69. The van der Waals surface area contributed by atoms with Gasteiger partial charge in [-0.25, -0.2) is 4.79 Å². The molecule has 0 radical (unpaired) electrons. The maximum absolute atomic E-state index is 13.9. The van der Waals surface area contributed by atoms with E-state index in [1.165, 1.54) is 17.0 Å². The Balaban J connectivity index is 1.19. The lowest BCUT2D eigenvalue weighted by molar-refractivity contribution is -0.137. The molecule has 2 N–H and O–H groups in total. The third-order valence-corrected chi connectivity index (χ3v) is 9.21. The van der Waals surface area contributed by atoms with Gasteiger partial charge in [-0.05, 0) is 90.7 Å². The average Bonchev–Trinajstić information content (AvgIpc) is 3.51. The van der Waals surface area contributed by atoms with Crippen molar-refractivity contribution in [2.75, 3.05) is 12.4 Å². The first kappa shape index (κ1) is 39.0. The number of ether oxygens (including phenoxy) is 1. The van der Waals surface area contributed by atoms with Crippen molar-refractivity contribution in [2.24, 2.45) is 7.05 Å². The zero-order valence-corrected chi connectivity index (χ0v) is 31.1. The molecule has 9 nitrogen and oxygen atoms in total. The molecule has 6 rings (SSSR count). The highest BCUT2D eigenvalue weighted by molar-refractivity contribution is 6.09. The van der Waals surface area contributed by atoms with E-state index in [1.54, 1.807) is 130 Å². The van der Waals surface area contributed by atoms with Gasteiger partial charge in [0.2, 0.25) is 5.91 Å². The molecule has 0 aliphatic heterocycles. The number of carbonyl (C=O) groups excluding carboxylic acids is 4. The van der Waals surface area contributed by atoms with Gasteiger partial charge in [0.25, 0.3) is 11.8 Å². The van der Waals surface area contributed by atoms with Gasteiger partial charge in [0.1, 0.15) is 11.7 Å². The number of benzene rings is 5. The summed E-state index contributed by atoms with van der Waals surface area (Å²) in [6, 6.07) is 32.8. The van der Waals surface area contributed by atoms with Crippen LogP contribution < -0.4 is 10.6 Å². The van der Waals surface area contributed by atoms with E-state index in [1.807, 2.05) is 6.07 Å². The molecule has 1 heterocycles. The molecule has 56 heavy (non-hydrogen) atoms. The topological polar surface area (TPSA) is 110 Å². The number of fused-ring (bicyclic) bond motifs is 1. The van der Waals surface area contributed by atoms with Crippen molar-refractivity contribution in [3.8, 4) is 11.1 Å². The number of nitrogens with zero attached hydrogens (tertiary/aromatic N) is 2. The predicted molar refractivity (Wildman–Crippen MR) is 208 cm³/mol. The highest BCUT2D eigenvalue weighted by Gasteiger charge is 2.30. The molecular formula is C44H39F3N4O5. The number of hydrogen-bond acceptors (Lipinski definition) is 5. The number of aromatic nitrogens is 1. The van der Waals surface area contributed by atoms with Crippen molar-refractivity contribution >= 4 is 40.3 Å². The van der Waals surface area contributed by atoms with Crippen molar-refractivity contribution in [1.82, 2.24) is 14.8 Å². The molecule has 0 spiro atoms. The van der Waals surface area contributed by atoms with Crippen LogP contribution in [0.15, 0.2) is 127 Å². The fraction of sp³-hybridized carbons (Fsp3) is 0.182. The average molecular weight is 761 g/mol. The normalized spacial score (nSPS) is 11.9. The summed E-state index contributed by atoms with van der Waals surface area (Å²) in [6.45, 7) is 3.76. The second kappa shape index (κ2) is 16.4. The van der Waals surface area contributed by atoms with Gasteiger partial charge in [-0.15, -0.1) is 0 Å². The number of carbonyl (C=O) groups is 4. The molecule has 0 bridgehead atoms. The number of aryl methyl sites for hydroxylation is 1. The van der Waals surface area contributed by atoms with E-state index in [0.717, 1.165) is 17.7 Å². The maximum atomic E-state index is 13.9. The predicted octanol–water partition coefficient (Wildman–Crippen LogP) is 8.81. The van der Waals surface area contributed by atoms with Crippen LogP contribution in [0.1, 0.15) is 67.8 Å². The minimum Gasteiger partial charge on any atom is -0.459 e. The molecule has 286 valence electrons. The third-order valence-electron chi connectivity index (χ3n) is 9.21. The first-order valence-corrected chi connectivity index (χ1v) is 17.8. The lowest BCUT2D eigenvalue weighted by atomic mass is 9.98. The molecule has 0 aliphatic rings. The number of anilines is 1. The molecule has 1 aromatic heterocycles. The summed E-state index contributed by atoms with van der Waals surface area (Å²) < 4.78 is 46.4. The van der Waals surface area contributed by atoms with Crippen molar-refractivity contribution in [1.29, 1.82) is 0 Å². The third kappa shape index (κ3) is 8.81. The van der Waals surface area contributed by atoms with Crippen LogP contribution in [-0.4, -0.2) is 46.3 Å². The first-order valence-electron chi connectivity index (χ1n) is 17.8. The lowest BCUT2D eigenvalue weighted by Crippen LogP contribution is -2.41. The molecule has 1 unspecified atom stereocenters. The van der Waals surface area contributed by atoms with E-state index in [-0.39, 0.29) is 29.8 Å². The van der Waals surface area contributed by atoms with Gasteiger partial charge in [-0.2, -0.15) is 13.2 Å². The summed E-state index contributed by atoms with van der Waals surface area (Å²) in [4.78, 5) is 55.1. The number of alkyl halides is 3. The Morgan fingerprint density at radius 1 is 0.786 bits per heavy atom. The molecule has 5 aromatic carbocycles. The summed E-state index contributed by atoms with van der Waals surface area (Å²) in [5.41, 5.74) is 3.57. The molecule has 0 fully saturated rings. The SMILES string of the molecule is CC(C)OC(=O)c1ccc(CN(C)C(=O)C(NC(=O)c2cc3cc(NC(=O)c4ccccc4-c4ccc(C(F)(F)F)cc4)ccc3n2C)c2ccccc2)cc1. The summed E-state index contributed by atoms with van der Waals surface area (Å²) in [6.07, 6.45) is -4.73. The fourth-order valence-electron chi connectivity index (χ4n) is 6.35. The summed E-state index contributed by atoms with van der Waals surface area (Å²) in [5.74, 6) is -1.75. The molecule has 0 saturated heterocycles. The van der Waals surface area contributed by atoms with Gasteiger partial charge in [-0.3, -0.25) is 14.4 Å². The van der Waals surface area contributed by atoms with E-state index in [0.29, 0.717) is 38.8 Å². The van der Waals surface area contributed by atoms with E-state index in [2.05, 4.69) is 10.6 Å². The first-order chi connectivity index (χ1) is 26.7. The van der Waals surface area contributed by atoms with Crippen molar-refractivity contribution in [2.45, 2.75) is 38.7 Å². The minimum atomic E-state index is -4.48. The Labute approximate surface area is 321 Å². The second-order valence-electron chi connectivity index (χ2n) is 13.6. The van der Waals surface area contributed by atoms with Gasteiger partial charge >= 0.3 is 12.1 Å². The van der Waals surface area contributed by atoms with Crippen LogP contribution in [0.25, 0.3) is 22.0 Å². The highest BCUT2D eigenvalue weighted by Crippen LogP contribution is 2.32. The summed E-state index contributed by atoms with van der Waals surface area (Å²) in [5, 5.41) is 6.43. The summed E-state index contributed by atoms with van der Waals surface area (Å²) >= 11 is 0. The maximum Gasteiger partial charge on any atom is 0.416 e. The molecule has 1 atom stereocenters. The number of hydrogen-bond donors (Lipinski definition) is 2. The molecular weight excluding hydrogens is 722 g/mol. The van der Waals surface area contributed by atoms with E-state index in [9.17, 15) is 32.3 Å². The van der Waals surface area contributed by atoms with Gasteiger partial charge in [0, 0.05) is 42.8 Å². The fourth-order valence-corrected chi connectivity index (χ4v) is 6.35. The zero-order chi connectivity index (χ0) is 40.1. The van der Waals surface area contributed by atoms with E-state index >= 15 is 0 Å². The van der Waals surface area contributed by atoms with E-state index in [4.69, 9.17) is 4.74 Å². The standard InChI is InChI=1S/C44H39F3N4O5/c1-27(2)56-43(55)31-16-14-28(15-17-31)26-50(3)42(54)39(30-10-6-5-7-11-30)49-41(53)38-25-32-24-34(22-23-37(32)51(38)4)48-40(52)36-13-9-8-12-35(36)29-18-20-33(21-19-29)44(45,46)47/h5-25,27,39H,26H2,1-4H3,(H,48,52)(H,49,53). The largest absolute Gasteiger partial charge is 0.459 e. The molecule has 3 amide bonds.